The van der Waals surface area contributed by atoms with Crippen LogP contribution in [0.5, 0.6) is 0 Å². The summed E-state index contributed by atoms with van der Waals surface area (Å²) in [4.78, 5) is 13.2. The Morgan fingerprint density at radius 3 is 2.41 bits per heavy atom. The van der Waals surface area contributed by atoms with Gasteiger partial charge in [0, 0.05) is 13.2 Å². The summed E-state index contributed by atoms with van der Waals surface area (Å²) >= 11 is 0. The molecule has 1 N–H and O–H groups in total. The highest BCUT2D eigenvalue weighted by Crippen LogP contribution is 2.33. The molecule has 0 saturated carbocycles. The summed E-state index contributed by atoms with van der Waals surface area (Å²) in [6.45, 7) is 9.33. The maximum Gasteiger partial charge on any atom is 0.334 e. The average molecular weight is 243 g/mol. The Kier molecular flexibility index (Phi) is 5.40. The number of carboxylic acids is 1. The number of rotatable bonds is 6. The fraction of sp³-hybridized carbons (Fsp3) is 0.923. The molecule has 17 heavy (non-hydrogen) atoms. The molecule has 1 aliphatic rings. The number of hydrogen-bond donors (Lipinski definition) is 1. The lowest BCUT2D eigenvalue weighted by Gasteiger charge is -2.39. The highest BCUT2D eigenvalue weighted by atomic mass is 16.5. The van der Waals surface area contributed by atoms with Crippen LogP contribution in [0.25, 0.3) is 0 Å². The molecule has 1 rings (SSSR count). The SMILES string of the molecule is CCOC(CN1CCC(C)(CC)CC1)C(=O)O. The summed E-state index contributed by atoms with van der Waals surface area (Å²) in [5.74, 6) is -0.851. The molecule has 1 unspecified atom stereocenters. The van der Waals surface area contributed by atoms with E-state index in [1.165, 1.54) is 6.42 Å². The monoisotopic (exact) mass is 243 g/mol. The van der Waals surface area contributed by atoms with Gasteiger partial charge >= 0.3 is 5.97 Å². The van der Waals surface area contributed by atoms with E-state index in [4.69, 9.17) is 9.84 Å². The number of aliphatic carboxylic acids is 1. The van der Waals surface area contributed by atoms with Crippen molar-refractivity contribution in [1.82, 2.24) is 4.90 Å². The van der Waals surface area contributed by atoms with Crippen molar-refractivity contribution < 1.29 is 14.6 Å². The normalized spacial score (nSPS) is 22.3. The molecule has 4 heteroatoms. The summed E-state index contributed by atoms with van der Waals surface area (Å²) in [6, 6.07) is 0. The molecule has 0 aliphatic carbocycles. The zero-order valence-electron chi connectivity index (χ0n) is 11.2. The van der Waals surface area contributed by atoms with Crippen molar-refractivity contribution in [3.8, 4) is 0 Å². The molecule has 0 aromatic carbocycles. The highest BCUT2D eigenvalue weighted by Gasteiger charge is 2.30. The van der Waals surface area contributed by atoms with Crippen molar-refractivity contribution >= 4 is 5.97 Å². The van der Waals surface area contributed by atoms with Crippen molar-refractivity contribution in [1.29, 1.82) is 0 Å². The van der Waals surface area contributed by atoms with Crippen LogP contribution in [-0.2, 0) is 9.53 Å². The largest absolute Gasteiger partial charge is 0.479 e. The first kappa shape index (κ1) is 14.5. The van der Waals surface area contributed by atoms with E-state index in [1.807, 2.05) is 6.92 Å². The van der Waals surface area contributed by atoms with Crippen LogP contribution in [-0.4, -0.2) is 48.3 Å². The number of hydrogen-bond acceptors (Lipinski definition) is 3. The Balaban J connectivity index is 2.41. The lowest BCUT2D eigenvalue weighted by Crippen LogP contribution is -2.44. The van der Waals surface area contributed by atoms with Gasteiger partial charge in [0.2, 0.25) is 0 Å². The van der Waals surface area contributed by atoms with Gasteiger partial charge in [0.1, 0.15) is 0 Å². The predicted molar refractivity (Wildman–Crippen MR) is 67.1 cm³/mol. The van der Waals surface area contributed by atoms with E-state index < -0.39 is 12.1 Å². The van der Waals surface area contributed by atoms with Crippen LogP contribution in [0.2, 0.25) is 0 Å². The molecule has 100 valence electrons. The maximum absolute atomic E-state index is 11.0. The maximum atomic E-state index is 11.0. The smallest absolute Gasteiger partial charge is 0.334 e. The third-order valence-corrected chi connectivity index (χ3v) is 3.98. The molecule has 0 spiro atoms. The second kappa shape index (κ2) is 6.36. The molecule has 0 radical (unpaired) electrons. The second-order valence-corrected chi connectivity index (χ2v) is 5.25. The van der Waals surface area contributed by atoms with E-state index in [1.54, 1.807) is 0 Å². The topological polar surface area (TPSA) is 49.8 Å². The molecule has 1 heterocycles. The van der Waals surface area contributed by atoms with Crippen molar-refractivity contribution in [3.05, 3.63) is 0 Å². The summed E-state index contributed by atoms with van der Waals surface area (Å²) in [6.07, 6.45) is 2.84. The number of carboxylic acid groups (broad SMARTS) is 1. The van der Waals surface area contributed by atoms with E-state index in [0.717, 1.165) is 25.9 Å². The predicted octanol–water partition coefficient (Wildman–Crippen LogP) is 1.99. The van der Waals surface area contributed by atoms with E-state index in [2.05, 4.69) is 18.7 Å². The van der Waals surface area contributed by atoms with Crippen LogP contribution < -0.4 is 0 Å². The minimum atomic E-state index is -0.851. The van der Waals surface area contributed by atoms with Gasteiger partial charge in [-0.1, -0.05) is 20.3 Å². The van der Waals surface area contributed by atoms with Gasteiger partial charge in [0.25, 0.3) is 0 Å². The molecule has 0 aromatic heterocycles. The molecular formula is C13H25NO3. The van der Waals surface area contributed by atoms with Crippen LogP contribution >= 0.6 is 0 Å². The minimum Gasteiger partial charge on any atom is -0.479 e. The summed E-state index contributed by atoms with van der Waals surface area (Å²) in [5.41, 5.74) is 0.445. The van der Waals surface area contributed by atoms with Gasteiger partial charge in [0.05, 0.1) is 0 Å². The zero-order chi connectivity index (χ0) is 12.9. The average Bonchev–Trinajstić information content (AvgIpc) is 2.31. The number of nitrogens with zero attached hydrogens (tertiary/aromatic N) is 1. The molecular weight excluding hydrogens is 218 g/mol. The molecule has 0 amide bonds. The van der Waals surface area contributed by atoms with Crippen LogP contribution in [0.4, 0.5) is 0 Å². The molecule has 1 saturated heterocycles. The first-order valence-electron chi connectivity index (χ1n) is 6.57. The number of ether oxygens (including phenoxy) is 1. The fourth-order valence-corrected chi connectivity index (χ4v) is 2.27. The molecule has 4 nitrogen and oxygen atoms in total. The highest BCUT2D eigenvalue weighted by molar-refractivity contribution is 5.72. The van der Waals surface area contributed by atoms with Crippen molar-refractivity contribution in [2.24, 2.45) is 5.41 Å². The van der Waals surface area contributed by atoms with Gasteiger partial charge < -0.3 is 14.7 Å². The molecule has 1 atom stereocenters. The van der Waals surface area contributed by atoms with E-state index >= 15 is 0 Å². The van der Waals surface area contributed by atoms with Gasteiger partial charge in [-0.05, 0) is 38.3 Å². The molecule has 1 aliphatic heterocycles. The van der Waals surface area contributed by atoms with E-state index in [9.17, 15) is 4.79 Å². The standard InChI is InChI=1S/C13H25NO3/c1-4-13(3)6-8-14(9-7-13)10-11(12(15)16)17-5-2/h11H,4-10H2,1-3H3,(H,15,16). The Bertz CT molecular complexity index is 247. The van der Waals surface area contributed by atoms with Gasteiger partial charge in [-0.25, -0.2) is 4.79 Å². The third-order valence-electron chi connectivity index (χ3n) is 3.98. The van der Waals surface area contributed by atoms with Crippen LogP contribution in [0, 0.1) is 5.41 Å². The lowest BCUT2D eigenvalue weighted by atomic mass is 9.78. The van der Waals surface area contributed by atoms with Crippen LogP contribution in [0.3, 0.4) is 0 Å². The summed E-state index contributed by atoms with van der Waals surface area (Å²) in [5, 5.41) is 9.03. The number of carbonyl (C=O) groups is 1. The Hall–Kier alpha value is -0.610. The fourth-order valence-electron chi connectivity index (χ4n) is 2.27. The Labute approximate surface area is 104 Å². The van der Waals surface area contributed by atoms with Gasteiger partial charge in [-0.3, -0.25) is 0 Å². The van der Waals surface area contributed by atoms with Gasteiger partial charge in [-0.15, -0.1) is 0 Å². The van der Waals surface area contributed by atoms with Gasteiger partial charge in [0.15, 0.2) is 6.10 Å². The quantitative estimate of drug-likeness (QED) is 0.775. The Morgan fingerprint density at radius 2 is 2.00 bits per heavy atom. The number of likely N-dealkylation sites (tertiary alicyclic amines) is 1. The summed E-state index contributed by atoms with van der Waals surface area (Å²) < 4.78 is 5.24. The van der Waals surface area contributed by atoms with E-state index in [0.29, 0.717) is 18.6 Å². The molecule has 0 bridgehead atoms. The number of piperidine rings is 1. The van der Waals surface area contributed by atoms with E-state index in [-0.39, 0.29) is 0 Å². The van der Waals surface area contributed by atoms with Crippen LogP contribution in [0.15, 0.2) is 0 Å². The van der Waals surface area contributed by atoms with Crippen molar-refractivity contribution in [3.63, 3.8) is 0 Å². The van der Waals surface area contributed by atoms with Gasteiger partial charge in [-0.2, -0.15) is 0 Å². The lowest BCUT2D eigenvalue weighted by molar-refractivity contribution is -0.151. The Morgan fingerprint density at radius 1 is 1.41 bits per heavy atom. The first-order chi connectivity index (χ1) is 8.00. The summed E-state index contributed by atoms with van der Waals surface area (Å²) in [7, 11) is 0. The first-order valence-corrected chi connectivity index (χ1v) is 6.57. The van der Waals surface area contributed by atoms with Crippen molar-refractivity contribution in [2.75, 3.05) is 26.2 Å². The molecule has 0 aromatic rings. The van der Waals surface area contributed by atoms with Crippen molar-refractivity contribution in [2.45, 2.75) is 46.1 Å². The minimum absolute atomic E-state index is 0.445. The van der Waals surface area contributed by atoms with Crippen LogP contribution in [0.1, 0.15) is 40.0 Å². The third kappa shape index (κ3) is 4.28. The zero-order valence-corrected chi connectivity index (χ0v) is 11.2. The molecule has 1 fully saturated rings. The second-order valence-electron chi connectivity index (χ2n) is 5.25.